The molecule has 2 rings (SSSR count). The standard InChI is InChI=1S/C19H21N2O/c1-2-21(15-9-14-20,18-12-7-4-8-13-18)16-19(22)17-10-5-3-6-11-17/h3-8,10-13H,2,9,15-16H2,1H3/q+1. The highest BCUT2D eigenvalue weighted by atomic mass is 16.1. The molecule has 0 amide bonds. The molecule has 1 unspecified atom stereocenters. The molecule has 0 radical (unpaired) electrons. The van der Waals surface area contributed by atoms with E-state index in [1.54, 1.807) is 0 Å². The van der Waals surface area contributed by atoms with E-state index in [2.05, 4.69) is 13.0 Å². The van der Waals surface area contributed by atoms with Gasteiger partial charge in [-0.3, -0.25) is 9.28 Å². The molecule has 3 heteroatoms. The van der Waals surface area contributed by atoms with Crippen molar-refractivity contribution in [3.05, 3.63) is 66.2 Å². The van der Waals surface area contributed by atoms with Crippen LogP contribution in [0.3, 0.4) is 0 Å². The van der Waals surface area contributed by atoms with Crippen molar-refractivity contribution in [1.82, 2.24) is 4.48 Å². The number of likely N-dealkylation sites (N-methyl/N-ethyl adjacent to an activating group) is 1. The Kier molecular flexibility index (Phi) is 5.46. The third kappa shape index (κ3) is 3.60. The first-order valence-corrected chi connectivity index (χ1v) is 7.59. The monoisotopic (exact) mass is 293 g/mol. The highest BCUT2D eigenvalue weighted by molar-refractivity contribution is 5.98. The molecule has 0 heterocycles. The van der Waals surface area contributed by atoms with Crippen LogP contribution in [0.15, 0.2) is 60.7 Å². The van der Waals surface area contributed by atoms with E-state index in [0.717, 1.165) is 17.8 Å². The zero-order valence-electron chi connectivity index (χ0n) is 12.9. The molecule has 0 aromatic heterocycles. The lowest BCUT2D eigenvalue weighted by Gasteiger charge is -2.36. The fourth-order valence-corrected chi connectivity index (χ4v) is 2.75. The molecule has 0 spiro atoms. The average molecular weight is 293 g/mol. The lowest BCUT2D eigenvalue weighted by molar-refractivity contribution is 0.0938. The summed E-state index contributed by atoms with van der Waals surface area (Å²) >= 11 is 0. The highest BCUT2D eigenvalue weighted by Gasteiger charge is 2.31. The lowest BCUT2D eigenvalue weighted by atomic mass is 10.1. The first kappa shape index (κ1) is 15.9. The highest BCUT2D eigenvalue weighted by Crippen LogP contribution is 2.24. The first-order chi connectivity index (χ1) is 10.7. The molecule has 2 aromatic rings. The molecule has 1 atom stereocenters. The van der Waals surface area contributed by atoms with Gasteiger partial charge in [0, 0.05) is 5.56 Å². The molecule has 0 N–H and O–H groups in total. The minimum absolute atomic E-state index is 0.115. The maximum atomic E-state index is 12.7. The van der Waals surface area contributed by atoms with E-state index in [1.165, 1.54) is 0 Å². The summed E-state index contributed by atoms with van der Waals surface area (Å²) in [5.74, 6) is 0.115. The molecule has 0 saturated heterocycles. The number of ketones is 1. The van der Waals surface area contributed by atoms with E-state index < -0.39 is 0 Å². The normalized spacial score (nSPS) is 13.1. The van der Waals surface area contributed by atoms with E-state index in [-0.39, 0.29) is 5.78 Å². The molecule has 0 fully saturated rings. The van der Waals surface area contributed by atoms with Gasteiger partial charge in [0.15, 0.2) is 0 Å². The van der Waals surface area contributed by atoms with E-state index in [0.29, 0.717) is 24.0 Å². The minimum atomic E-state index is 0.115. The lowest BCUT2D eigenvalue weighted by Crippen LogP contribution is -2.53. The maximum absolute atomic E-state index is 12.7. The summed E-state index contributed by atoms with van der Waals surface area (Å²) in [5, 5.41) is 8.98. The van der Waals surface area contributed by atoms with Crippen molar-refractivity contribution in [1.29, 1.82) is 5.26 Å². The maximum Gasteiger partial charge on any atom is 0.217 e. The summed E-state index contributed by atoms with van der Waals surface area (Å²) in [6.45, 7) is 3.88. The van der Waals surface area contributed by atoms with E-state index in [4.69, 9.17) is 5.26 Å². The van der Waals surface area contributed by atoms with Crippen LogP contribution in [0.25, 0.3) is 0 Å². The van der Waals surface area contributed by atoms with Gasteiger partial charge in [-0.1, -0.05) is 48.5 Å². The molecule has 0 aliphatic rings. The molecule has 112 valence electrons. The molecule has 0 aliphatic heterocycles. The SMILES string of the molecule is CC[N+](CCC#N)(CC(=O)c1ccccc1)c1ccccc1. The number of Topliss-reactive ketones (excluding diaryl/α,β-unsaturated/α-hetero) is 1. The van der Waals surface area contributed by atoms with Crippen LogP contribution < -0.4 is 4.48 Å². The van der Waals surface area contributed by atoms with Crippen LogP contribution in [0.1, 0.15) is 23.7 Å². The predicted octanol–water partition coefficient (Wildman–Crippen LogP) is 3.81. The van der Waals surface area contributed by atoms with Gasteiger partial charge in [0.1, 0.15) is 12.2 Å². The smallest absolute Gasteiger partial charge is 0.217 e. The van der Waals surface area contributed by atoms with E-state index in [9.17, 15) is 4.79 Å². The Bertz CT molecular complexity index is 646. The molecule has 0 saturated carbocycles. The Morgan fingerprint density at radius 1 is 1.05 bits per heavy atom. The van der Waals surface area contributed by atoms with Gasteiger partial charge in [-0.2, -0.15) is 5.26 Å². The van der Waals surface area contributed by atoms with Gasteiger partial charge in [-0.15, -0.1) is 0 Å². The number of carbonyl (C=O) groups excluding carboxylic acids is 1. The number of nitrogens with zero attached hydrogens (tertiary/aromatic N) is 2. The Hall–Kier alpha value is -2.44. The fourth-order valence-electron chi connectivity index (χ4n) is 2.75. The van der Waals surface area contributed by atoms with Gasteiger partial charge in [0.05, 0.1) is 25.6 Å². The topological polar surface area (TPSA) is 40.9 Å². The van der Waals surface area contributed by atoms with Gasteiger partial charge < -0.3 is 0 Å². The molecule has 3 nitrogen and oxygen atoms in total. The second kappa shape index (κ2) is 7.53. The van der Waals surface area contributed by atoms with Crippen LogP contribution in [-0.2, 0) is 0 Å². The van der Waals surface area contributed by atoms with Crippen LogP contribution in [0.2, 0.25) is 0 Å². The number of benzene rings is 2. The molecule has 2 aromatic carbocycles. The Morgan fingerprint density at radius 2 is 1.64 bits per heavy atom. The summed E-state index contributed by atoms with van der Waals surface area (Å²) in [6, 6.07) is 21.6. The molecule has 0 aliphatic carbocycles. The Labute approximate surface area is 132 Å². The zero-order chi connectivity index (χ0) is 15.8. The van der Waals surface area contributed by atoms with Crippen LogP contribution in [-0.4, -0.2) is 25.4 Å². The number of nitriles is 1. The summed E-state index contributed by atoms with van der Waals surface area (Å²) in [5.41, 5.74) is 1.82. The van der Waals surface area contributed by atoms with Crippen molar-refractivity contribution in [3.63, 3.8) is 0 Å². The molecule has 0 bridgehead atoms. The van der Waals surface area contributed by atoms with Gasteiger partial charge in [0.25, 0.3) is 0 Å². The second-order valence-corrected chi connectivity index (χ2v) is 5.38. The number of quaternary nitrogens is 1. The van der Waals surface area contributed by atoms with Crippen molar-refractivity contribution >= 4 is 11.5 Å². The fraction of sp³-hybridized carbons (Fsp3) is 0.263. The summed E-state index contributed by atoms with van der Waals surface area (Å²) in [6.07, 6.45) is 0.435. The van der Waals surface area contributed by atoms with E-state index in [1.807, 2.05) is 60.7 Å². The van der Waals surface area contributed by atoms with Gasteiger partial charge in [-0.25, -0.2) is 0 Å². The van der Waals surface area contributed by atoms with Crippen molar-refractivity contribution < 1.29 is 4.79 Å². The molecular weight excluding hydrogens is 272 g/mol. The number of carbonyl (C=O) groups is 1. The molecular formula is C19H21N2O+. The molecule has 22 heavy (non-hydrogen) atoms. The van der Waals surface area contributed by atoms with Crippen molar-refractivity contribution in [3.8, 4) is 6.07 Å². The van der Waals surface area contributed by atoms with Crippen molar-refractivity contribution in [2.24, 2.45) is 0 Å². The minimum Gasteiger partial charge on any atom is -0.288 e. The van der Waals surface area contributed by atoms with E-state index >= 15 is 0 Å². The Balaban J connectivity index is 2.32. The number of hydrogen-bond donors (Lipinski definition) is 0. The average Bonchev–Trinajstić information content (AvgIpc) is 2.60. The second-order valence-electron chi connectivity index (χ2n) is 5.38. The van der Waals surface area contributed by atoms with Crippen LogP contribution >= 0.6 is 0 Å². The third-order valence-electron chi connectivity index (χ3n) is 4.10. The van der Waals surface area contributed by atoms with Gasteiger partial charge in [-0.05, 0) is 19.1 Å². The number of para-hydroxylation sites is 1. The summed E-state index contributed by atoms with van der Waals surface area (Å²) in [4.78, 5) is 12.7. The predicted molar refractivity (Wildman–Crippen MR) is 89.5 cm³/mol. The largest absolute Gasteiger partial charge is 0.288 e. The summed E-state index contributed by atoms with van der Waals surface area (Å²) in [7, 11) is 0. The van der Waals surface area contributed by atoms with Crippen LogP contribution in [0, 0.1) is 11.3 Å². The van der Waals surface area contributed by atoms with Crippen LogP contribution in [0.5, 0.6) is 0 Å². The van der Waals surface area contributed by atoms with Crippen molar-refractivity contribution in [2.75, 3.05) is 19.6 Å². The zero-order valence-corrected chi connectivity index (χ0v) is 12.9. The van der Waals surface area contributed by atoms with Gasteiger partial charge >= 0.3 is 0 Å². The van der Waals surface area contributed by atoms with Crippen molar-refractivity contribution in [2.45, 2.75) is 13.3 Å². The first-order valence-electron chi connectivity index (χ1n) is 7.59. The summed E-state index contributed by atoms with van der Waals surface area (Å²) < 4.78 is 0.516. The quantitative estimate of drug-likeness (QED) is 0.575. The Morgan fingerprint density at radius 3 is 2.18 bits per heavy atom. The number of hydrogen-bond acceptors (Lipinski definition) is 2. The van der Waals surface area contributed by atoms with Crippen LogP contribution in [0.4, 0.5) is 5.69 Å². The third-order valence-corrected chi connectivity index (χ3v) is 4.10. The van der Waals surface area contributed by atoms with Gasteiger partial charge in [0.2, 0.25) is 5.78 Å². The number of rotatable bonds is 7.